The maximum absolute atomic E-state index is 12.3. The zero-order valence-corrected chi connectivity index (χ0v) is 16.8. The van der Waals surface area contributed by atoms with Crippen molar-refractivity contribution in [1.82, 2.24) is 0 Å². The first kappa shape index (κ1) is 19.7. The number of nitrogens with zero attached hydrogens (tertiary/aromatic N) is 1. The molecule has 0 spiro atoms. The number of rotatable bonds is 6. The molecular formula is C22H32NO4+. The van der Waals surface area contributed by atoms with Gasteiger partial charge in [0.15, 0.2) is 11.5 Å². The number of quaternary nitrogens is 1. The molecule has 148 valence electrons. The Labute approximate surface area is 162 Å². The molecule has 1 unspecified atom stereocenters. The summed E-state index contributed by atoms with van der Waals surface area (Å²) in [5, 5.41) is 0. The lowest BCUT2D eigenvalue weighted by atomic mass is 9.82. The minimum atomic E-state index is -0.296. The van der Waals surface area contributed by atoms with E-state index in [-0.39, 0.29) is 5.97 Å². The number of fused-ring (bicyclic) bond motifs is 1. The average Bonchev–Trinajstić information content (AvgIpc) is 2.69. The van der Waals surface area contributed by atoms with Crippen LogP contribution < -0.4 is 9.47 Å². The topological polar surface area (TPSA) is 44.8 Å². The molecule has 0 saturated carbocycles. The van der Waals surface area contributed by atoms with Crippen molar-refractivity contribution in [2.24, 2.45) is 5.92 Å². The summed E-state index contributed by atoms with van der Waals surface area (Å²) in [6.45, 7) is 3.06. The largest absolute Gasteiger partial charge is 0.493 e. The van der Waals surface area contributed by atoms with Gasteiger partial charge in [-0.2, -0.15) is 0 Å². The number of esters is 1. The molecule has 5 heteroatoms. The highest BCUT2D eigenvalue weighted by molar-refractivity contribution is 5.87. The van der Waals surface area contributed by atoms with Crippen LogP contribution in [0.2, 0.25) is 0 Å². The second kappa shape index (κ2) is 8.79. The highest BCUT2D eigenvalue weighted by Crippen LogP contribution is 2.36. The fourth-order valence-electron chi connectivity index (χ4n) is 4.87. The summed E-state index contributed by atoms with van der Waals surface area (Å²) < 4.78 is 17.5. The molecule has 0 aromatic heterocycles. The van der Waals surface area contributed by atoms with Crippen LogP contribution >= 0.6 is 0 Å². The maximum Gasteiger partial charge on any atom is 0.330 e. The lowest BCUT2D eigenvalue weighted by Crippen LogP contribution is -2.61. The molecule has 2 saturated heterocycles. The highest BCUT2D eigenvalue weighted by atomic mass is 16.5. The van der Waals surface area contributed by atoms with E-state index in [1.54, 1.807) is 20.3 Å². The van der Waals surface area contributed by atoms with E-state index in [0.717, 1.165) is 5.56 Å². The van der Waals surface area contributed by atoms with Crippen LogP contribution in [-0.4, -0.2) is 57.5 Å². The van der Waals surface area contributed by atoms with Crippen LogP contribution in [0.15, 0.2) is 24.3 Å². The molecule has 27 heavy (non-hydrogen) atoms. The SMILES string of the molecule is COc1cccc(/C=C/C(=O)OC[C@@H]2CCC[N+]3(C)CCCC[C@@H]23)c1OC. The molecule has 1 aromatic rings. The van der Waals surface area contributed by atoms with Gasteiger partial charge in [0.2, 0.25) is 0 Å². The molecule has 2 heterocycles. The van der Waals surface area contributed by atoms with Gasteiger partial charge in [0, 0.05) is 24.0 Å². The summed E-state index contributed by atoms with van der Waals surface area (Å²) >= 11 is 0. The summed E-state index contributed by atoms with van der Waals surface area (Å²) in [6, 6.07) is 6.23. The Bertz CT molecular complexity index is 683. The molecule has 1 aromatic carbocycles. The predicted octanol–water partition coefficient (Wildman–Crippen LogP) is 3.67. The van der Waals surface area contributed by atoms with Crippen LogP contribution in [0.5, 0.6) is 11.5 Å². The van der Waals surface area contributed by atoms with Gasteiger partial charge in [0.1, 0.15) is 6.61 Å². The van der Waals surface area contributed by atoms with Crippen molar-refractivity contribution in [3.63, 3.8) is 0 Å². The van der Waals surface area contributed by atoms with E-state index in [2.05, 4.69) is 7.05 Å². The fraction of sp³-hybridized carbons (Fsp3) is 0.591. The Morgan fingerprint density at radius 3 is 2.74 bits per heavy atom. The van der Waals surface area contributed by atoms with Crippen LogP contribution in [0.25, 0.3) is 6.08 Å². The summed E-state index contributed by atoms with van der Waals surface area (Å²) in [5.74, 6) is 1.44. The third-order valence-electron chi connectivity index (χ3n) is 6.28. The molecular weight excluding hydrogens is 342 g/mol. The van der Waals surface area contributed by atoms with Gasteiger partial charge in [0.05, 0.1) is 40.4 Å². The standard InChI is InChI=1S/C22H32NO4/c1-23-14-5-4-10-19(23)18(9-7-15-23)16-27-21(24)13-12-17-8-6-11-20(25-2)22(17)26-3/h6,8,11-13,18-19H,4-5,7,9-10,14-16H2,1-3H3/q+1/b13-12+/t18-,19-,23?/m0/s1. The third-order valence-corrected chi connectivity index (χ3v) is 6.28. The van der Waals surface area contributed by atoms with Crippen LogP contribution in [0.1, 0.15) is 37.7 Å². The number of carbonyl (C=O) groups is 1. The minimum Gasteiger partial charge on any atom is -0.493 e. The van der Waals surface area contributed by atoms with Crippen molar-refractivity contribution in [3.05, 3.63) is 29.8 Å². The van der Waals surface area contributed by atoms with Gasteiger partial charge in [-0.15, -0.1) is 0 Å². The van der Waals surface area contributed by atoms with E-state index in [1.165, 1.54) is 55.8 Å². The quantitative estimate of drug-likeness (QED) is 0.433. The van der Waals surface area contributed by atoms with Gasteiger partial charge in [-0.25, -0.2) is 4.79 Å². The Kier molecular flexibility index (Phi) is 6.42. The number of benzene rings is 1. The predicted molar refractivity (Wildman–Crippen MR) is 106 cm³/mol. The van der Waals surface area contributed by atoms with E-state index < -0.39 is 0 Å². The van der Waals surface area contributed by atoms with Gasteiger partial charge in [-0.05, 0) is 37.8 Å². The first-order chi connectivity index (χ1) is 13.1. The number of hydrogen-bond donors (Lipinski definition) is 0. The smallest absolute Gasteiger partial charge is 0.330 e. The molecule has 3 rings (SSSR count). The fourth-order valence-corrected chi connectivity index (χ4v) is 4.87. The number of para-hydroxylation sites is 1. The van der Waals surface area contributed by atoms with Crippen molar-refractivity contribution < 1.29 is 23.5 Å². The highest BCUT2D eigenvalue weighted by Gasteiger charge is 2.43. The number of methoxy groups -OCH3 is 2. The first-order valence-electron chi connectivity index (χ1n) is 9.97. The number of ether oxygens (including phenoxy) is 3. The molecule has 0 N–H and O–H groups in total. The van der Waals surface area contributed by atoms with Gasteiger partial charge in [-0.1, -0.05) is 12.1 Å². The summed E-state index contributed by atoms with van der Waals surface area (Å²) in [6.07, 6.45) is 9.49. The summed E-state index contributed by atoms with van der Waals surface area (Å²) in [4.78, 5) is 12.3. The lowest BCUT2D eigenvalue weighted by Gasteiger charge is -2.51. The lowest BCUT2D eigenvalue weighted by molar-refractivity contribution is -0.947. The monoisotopic (exact) mass is 374 g/mol. The normalized spacial score (nSPS) is 27.8. The van der Waals surface area contributed by atoms with Gasteiger partial charge in [0.25, 0.3) is 0 Å². The van der Waals surface area contributed by atoms with Crippen LogP contribution in [0.4, 0.5) is 0 Å². The van der Waals surface area contributed by atoms with E-state index in [1.807, 2.05) is 18.2 Å². The third kappa shape index (κ3) is 4.46. The van der Waals surface area contributed by atoms with Crippen molar-refractivity contribution in [2.45, 2.75) is 38.1 Å². The van der Waals surface area contributed by atoms with Gasteiger partial charge >= 0.3 is 5.97 Å². The number of hydrogen-bond acceptors (Lipinski definition) is 4. The van der Waals surface area contributed by atoms with Crippen molar-refractivity contribution in [1.29, 1.82) is 0 Å². The first-order valence-corrected chi connectivity index (χ1v) is 9.97. The molecule has 0 aliphatic carbocycles. The van der Waals surface area contributed by atoms with Crippen molar-refractivity contribution in [3.8, 4) is 11.5 Å². The van der Waals surface area contributed by atoms with Crippen LogP contribution in [0, 0.1) is 5.92 Å². The Balaban J connectivity index is 1.59. The molecule has 2 fully saturated rings. The van der Waals surface area contributed by atoms with E-state index in [0.29, 0.717) is 30.1 Å². The molecule has 3 atom stereocenters. The molecule has 2 aliphatic rings. The van der Waals surface area contributed by atoms with Gasteiger partial charge in [-0.3, -0.25) is 0 Å². The van der Waals surface area contributed by atoms with E-state index in [4.69, 9.17) is 14.2 Å². The van der Waals surface area contributed by atoms with Crippen LogP contribution in [-0.2, 0) is 9.53 Å². The Morgan fingerprint density at radius 2 is 1.96 bits per heavy atom. The average molecular weight is 375 g/mol. The zero-order chi connectivity index (χ0) is 19.3. The molecule has 5 nitrogen and oxygen atoms in total. The molecule has 0 amide bonds. The van der Waals surface area contributed by atoms with Gasteiger partial charge < -0.3 is 18.7 Å². The molecule has 0 radical (unpaired) electrons. The second-order valence-electron chi connectivity index (χ2n) is 7.94. The minimum absolute atomic E-state index is 0.296. The number of piperidine rings is 2. The van der Waals surface area contributed by atoms with Crippen LogP contribution in [0.3, 0.4) is 0 Å². The van der Waals surface area contributed by atoms with Crippen molar-refractivity contribution in [2.75, 3.05) is 41.0 Å². The Morgan fingerprint density at radius 1 is 1.15 bits per heavy atom. The Hall–Kier alpha value is -2.01. The number of carbonyl (C=O) groups excluding carboxylic acids is 1. The summed E-state index contributed by atoms with van der Waals surface area (Å²) in [5.41, 5.74) is 0.794. The molecule has 0 bridgehead atoms. The summed E-state index contributed by atoms with van der Waals surface area (Å²) in [7, 11) is 5.57. The maximum atomic E-state index is 12.3. The van der Waals surface area contributed by atoms with E-state index >= 15 is 0 Å². The van der Waals surface area contributed by atoms with E-state index in [9.17, 15) is 4.79 Å². The molecule has 2 aliphatic heterocycles. The zero-order valence-electron chi connectivity index (χ0n) is 16.8. The second-order valence-corrected chi connectivity index (χ2v) is 7.94. The van der Waals surface area contributed by atoms with Crippen molar-refractivity contribution >= 4 is 12.0 Å².